The highest BCUT2D eigenvalue weighted by Gasteiger charge is 2.14. The van der Waals surface area contributed by atoms with E-state index in [4.69, 9.17) is 11.6 Å². The lowest BCUT2D eigenvalue weighted by Crippen LogP contribution is -2.07. The SMILES string of the molecule is FC(F)C(F)C=CCl. The molecule has 0 aliphatic rings. The minimum absolute atomic E-state index is 0.590. The Bertz CT molecular complexity index is 81.4. The van der Waals surface area contributed by atoms with E-state index in [2.05, 4.69) is 0 Å². The Morgan fingerprint density at radius 3 is 1.88 bits per heavy atom. The lowest BCUT2D eigenvalue weighted by Gasteiger charge is -1.96. The fraction of sp³-hybridized carbons (Fsp3) is 0.500. The second kappa shape index (κ2) is 3.78. The van der Waals surface area contributed by atoms with Crippen LogP contribution < -0.4 is 0 Å². The molecule has 0 saturated carbocycles. The third-order valence-corrected chi connectivity index (χ3v) is 0.643. The fourth-order valence-corrected chi connectivity index (χ4v) is 0.292. The molecule has 0 aliphatic carbocycles. The van der Waals surface area contributed by atoms with Crippen molar-refractivity contribution in [3.63, 3.8) is 0 Å². The van der Waals surface area contributed by atoms with Crippen molar-refractivity contribution >= 4 is 11.6 Å². The minimum atomic E-state index is -2.97. The Morgan fingerprint density at radius 1 is 1.25 bits per heavy atom. The van der Waals surface area contributed by atoms with Gasteiger partial charge in [0.25, 0.3) is 6.43 Å². The molecule has 48 valence electrons. The zero-order valence-electron chi connectivity index (χ0n) is 3.82. The van der Waals surface area contributed by atoms with E-state index in [1.54, 1.807) is 0 Å². The quantitative estimate of drug-likeness (QED) is 0.558. The number of hydrogen-bond acceptors (Lipinski definition) is 0. The van der Waals surface area contributed by atoms with Gasteiger partial charge < -0.3 is 0 Å². The van der Waals surface area contributed by atoms with Gasteiger partial charge in [-0.3, -0.25) is 0 Å². The summed E-state index contributed by atoms with van der Waals surface area (Å²) >= 11 is 4.79. The van der Waals surface area contributed by atoms with Crippen LogP contribution in [0.15, 0.2) is 11.6 Å². The van der Waals surface area contributed by atoms with Crippen LogP contribution in [0.1, 0.15) is 0 Å². The third kappa shape index (κ3) is 2.91. The molecule has 0 aromatic carbocycles. The summed E-state index contributed by atoms with van der Waals surface area (Å²) in [6.07, 6.45) is -4.61. The summed E-state index contributed by atoms with van der Waals surface area (Å²) in [6.45, 7) is 0. The van der Waals surface area contributed by atoms with Gasteiger partial charge in [0.05, 0.1) is 0 Å². The van der Waals surface area contributed by atoms with Gasteiger partial charge in [0.2, 0.25) is 0 Å². The molecule has 0 fully saturated rings. The van der Waals surface area contributed by atoms with Crippen molar-refractivity contribution in [3.8, 4) is 0 Å². The van der Waals surface area contributed by atoms with Gasteiger partial charge in [-0.1, -0.05) is 11.6 Å². The molecule has 0 saturated heterocycles. The fourth-order valence-electron chi connectivity index (χ4n) is 0.153. The molecule has 1 atom stereocenters. The molecule has 0 radical (unpaired) electrons. The highest BCUT2D eigenvalue weighted by molar-refractivity contribution is 6.25. The molecule has 1 unspecified atom stereocenters. The van der Waals surface area contributed by atoms with E-state index < -0.39 is 12.6 Å². The van der Waals surface area contributed by atoms with Gasteiger partial charge in [-0.05, 0) is 6.08 Å². The van der Waals surface area contributed by atoms with E-state index in [-0.39, 0.29) is 0 Å². The van der Waals surface area contributed by atoms with Crippen molar-refractivity contribution in [2.75, 3.05) is 0 Å². The van der Waals surface area contributed by atoms with Gasteiger partial charge in [0.1, 0.15) is 0 Å². The Balaban J connectivity index is 3.47. The molecule has 0 aromatic rings. The monoisotopic (exact) mass is 144 g/mol. The Labute approximate surface area is 49.9 Å². The summed E-state index contributed by atoms with van der Waals surface area (Å²) in [7, 11) is 0. The van der Waals surface area contributed by atoms with Crippen molar-refractivity contribution in [3.05, 3.63) is 11.6 Å². The maximum Gasteiger partial charge on any atom is 0.272 e. The van der Waals surface area contributed by atoms with E-state index in [0.29, 0.717) is 6.08 Å². The Hall–Kier alpha value is -0.180. The second-order valence-corrected chi connectivity index (χ2v) is 1.35. The van der Waals surface area contributed by atoms with Crippen LogP contribution in [0.25, 0.3) is 0 Å². The molecule has 0 spiro atoms. The summed E-state index contributed by atoms with van der Waals surface area (Å²) in [4.78, 5) is 0. The van der Waals surface area contributed by atoms with E-state index in [0.717, 1.165) is 5.54 Å². The van der Waals surface area contributed by atoms with E-state index in [9.17, 15) is 13.2 Å². The van der Waals surface area contributed by atoms with Crippen molar-refractivity contribution in [2.24, 2.45) is 0 Å². The zero-order chi connectivity index (χ0) is 6.57. The first-order valence-electron chi connectivity index (χ1n) is 1.87. The summed E-state index contributed by atoms with van der Waals surface area (Å²) in [5.41, 5.74) is 0.733. The minimum Gasteiger partial charge on any atom is -0.237 e. The average Bonchev–Trinajstić information content (AvgIpc) is 1.67. The molecule has 0 heterocycles. The predicted molar refractivity (Wildman–Crippen MR) is 25.9 cm³/mol. The number of allylic oxidation sites excluding steroid dienone is 1. The number of halogens is 4. The predicted octanol–water partition coefficient (Wildman–Crippen LogP) is 2.34. The maximum atomic E-state index is 11.6. The smallest absolute Gasteiger partial charge is 0.237 e. The van der Waals surface area contributed by atoms with Crippen LogP contribution in [0.5, 0.6) is 0 Å². The second-order valence-electron chi connectivity index (χ2n) is 1.10. The summed E-state index contributed by atoms with van der Waals surface area (Å²) < 4.78 is 33.9. The molecule has 0 amide bonds. The first-order valence-corrected chi connectivity index (χ1v) is 2.31. The zero-order valence-corrected chi connectivity index (χ0v) is 4.58. The molecule has 0 aliphatic heterocycles. The highest BCUT2D eigenvalue weighted by atomic mass is 35.5. The van der Waals surface area contributed by atoms with Crippen molar-refractivity contribution in [1.82, 2.24) is 0 Å². The van der Waals surface area contributed by atoms with Gasteiger partial charge in [-0.25, -0.2) is 13.2 Å². The molecule has 0 rings (SSSR count). The molecule has 0 aromatic heterocycles. The summed E-state index contributed by atoms with van der Waals surface area (Å²) in [5, 5.41) is 0. The van der Waals surface area contributed by atoms with Gasteiger partial charge in [0.15, 0.2) is 6.17 Å². The molecule has 0 N–H and O–H groups in total. The highest BCUT2D eigenvalue weighted by Crippen LogP contribution is 2.06. The lowest BCUT2D eigenvalue weighted by atomic mass is 10.4. The van der Waals surface area contributed by atoms with Crippen molar-refractivity contribution in [2.45, 2.75) is 12.6 Å². The Morgan fingerprint density at radius 2 is 1.75 bits per heavy atom. The van der Waals surface area contributed by atoms with Gasteiger partial charge in [0, 0.05) is 5.54 Å². The van der Waals surface area contributed by atoms with E-state index in [1.165, 1.54) is 0 Å². The van der Waals surface area contributed by atoms with Gasteiger partial charge >= 0.3 is 0 Å². The molecular formula is C4H4ClF3. The molecule has 0 nitrogen and oxygen atoms in total. The Kier molecular flexibility index (Phi) is 3.69. The first-order chi connectivity index (χ1) is 3.68. The first kappa shape index (κ1) is 7.82. The third-order valence-electron chi connectivity index (χ3n) is 0.497. The number of alkyl halides is 3. The number of hydrogen-bond donors (Lipinski definition) is 0. The van der Waals surface area contributed by atoms with Crippen LogP contribution in [0.2, 0.25) is 0 Å². The number of rotatable bonds is 2. The van der Waals surface area contributed by atoms with Crippen LogP contribution in [-0.4, -0.2) is 12.6 Å². The molecule has 4 heteroatoms. The van der Waals surface area contributed by atoms with Crippen LogP contribution in [-0.2, 0) is 0 Å². The average molecular weight is 145 g/mol. The molecular weight excluding hydrogens is 140 g/mol. The van der Waals surface area contributed by atoms with Crippen LogP contribution >= 0.6 is 11.6 Å². The van der Waals surface area contributed by atoms with Gasteiger partial charge in [-0.2, -0.15) is 0 Å². The van der Waals surface area contributed by atoms with Crippen molar-refractivity contribution < 1.29 is 13.2 Å². The molecule has 0 bridgehead atoms. The van der Waals surface area contributed by atoms with Crippen LogP contribution in [0.4, 0.5) is 13.2 Å². The van der Waals surface area contributed by atoms with E-state index in [1.807, 2.05) is 0 Å². The van der Waals surface area contributed by atoms with E-state index >= 15 is 0 Å². The van der Waals surface area contributed by atoms with Gasteiger partial charge in [-0.15, -0.1) is 0 Å². The standard InChI is InChI=1S/C4H4ClF3/c5-2-1-3(6)4(7)8/h1-4H. The topological polar surface area (TPSA) is 0 Å². The molecule has 8 heavy (non-hydrogen) atoms. The van der Waals surface area contributed by atoms with Crippen LogP contribution in [0, 0.1) is 0 Å². The largest absolute Gasteiger partial charge is 0.272 e. The van der Waals surface area contributed by atoms with Crippen molar-refractivity contribution in [1.29, 1.82) is 0 Å². The summed E-state index contributed by atoms with van der Waals surface area (Å²) in [6, 6.07) is 0. The lowest BCUT2D eigenvalue weighted by molar-refractivity contribution is 0.0751. The maximum absolute atomic E-state index is 11.6. The summed E-state index contributed by atoms with van der Waals surface area (Å²) in [5.74, 6) is 0. The normalized spacial score (nSPS) is 15.6. The van der Waals surface area contributed by atoms with Crippen LogP contribution in [0.3, 0.4) is 0 Å².